The first-order chi connectivity index (χ1) is 10.6. The van der Waals surface area contributed by atoms with Crippen LogP contribution in [0.2, 0.25) is 0 Å². The molecule has 116 valence electrons. The lowest BCUT2D eigenvalue weighted by Gasteiger charge is -2.19. The Hall–Kier alpha value is -2.33. The van der Waals surface area contributed by atoms with Gasteiger partial charge in [-0.3, -0.25) is 5.32 Å². The van der Waals surface area contributed by atoms with Crippen LogP contribution < -0.4 is 11.1 Å². The van der Waals surface area contributed by atoms with E-state index in [0.29, 0.717) is 13.2 Å². The highest BCUT2D eigenvalue weighted by Gasteiger charge is 2.21. The fraction of sp³-hybridized carbons (Fsp3) is 0.278. The highest BCUT2D eigenvalue weighted by atomic mass is 16.5. The second-order valence-corrected chi connectivity index (χ2v) is 5.12. The Morgan fingerprint density at radius 2 is 1.91 bits per heavy atom. The van der Waals surface area contributed by atoms with E-state index in [2.05, 4.69) is 5.32 Å². The van der Waals surface area contributed by atoms with Crippen molar-refractivity contribution in [2.45, 2.75) is 26.4 Å². The van der Waals surface area contributed by atoms with Crippen molar-refractivity contribution in [3.8, 4) is 0 Å². The van der Waals surface area contributed by atoms with Crippen LogP contribution in [-0.2, 0) is 16.1 Å². The van der Waals surface area contributed by atoms with Crippen LogP contribution in [0.5, 0.6) is 0 Å². The number of hydrogen-bond acceptors (Lipinski definition) is 4. The number of anilines is 1. The molecule has 4 nitrogen and oxygen atoms in total. The molecule has 1 atom stereocenters. The number of aryl methyl sites for hydroxylation is 1. The number of carbonyl (C=O) groups is 1. The Balaban J connectivity index is 2.19. The quantitative estimate of drug-likeness (QED) is 0.635. The van der Waals surface area contributed by atoms with E-state index in [0.717, 1.165) is 22.4 Å². The predicted molar refractivity (Wildman–Crippen MR) is 88.2 cm³/mol. The van der Waals surface area contributed by atoms with Crippen molar-refractivity contribution in [3.63, 3.8) is 0 Å². The lowest BCUT2D eigenvalue weighted by Crippen LogP contribution is -2.30. The number of nitrogens with one attached hydrogen (secondary N) is 1. The molecule has 22 heavy (non-hydrogen) atoms. The summed E-state index contributed by atoms with van der Waals surface area (Å²) in [5.74, 6) is -0.277. The summed E-state index contributed by atoms with van der Waals surface area (Å²) in [5, 5.41) is 3.26. The summed E-state index contributed by atoms with van der Waals surface area (Å²) in [7, 11) is 0. The minimum Gasteiger partial charge on any atom is -0.465 e. The second kappa shape index (κ2) is 7.61. The molecule has 2 aromatic carbocycles. The zero-order valence-electron chi connectivity index (χ0n) is 13.0. The van der Waals surface area contributed by atoms with Crippen molar-refractivity contribution in [1.82, 2.24) is 5.32 Å². The van der Waals surface area contributed by atoms with Gasteiger partial charge in [-0.2, -0.15) is 0 Å². The van der Waals surface area contributed by atoms with Gasteiger partial charge in [0, 0.05) is 12.2 Å². The molecular weight excluding hydrogens is 276 g/mol. The van der Waals surface area contributed by atoms with E-state index in [1.807, 2.05) is 55.5 Å². The van der Waals surface area contributed by atoms with Gasteiger partial charge in [0.25, 0.3) is 0 Å². The fourth-order valence-electron chi connectivity index (χ4n) is 2.38. The number of nitrogen functional groups attached to an aromatic ring is 1. The maximum Gasteiger partial charge on any atom is 0.327 e. The molecule has 0 saturated carbocycles. The van der Waals surface area contributed by atoms with Crippen molar-refractivity contribution in [2.24, 2.45) is 0 Å². The van der Waals surface area contributed by atoms with Crippen LogP contribution in [0.1, 0.15) is 29.7 Å². The maximum atomic E-state index is 12.2. The Labute approximate surface area is 131 Å². The Kier molecular flexibility index (Phi) is 5.55. The van der Waals surface area contributed by atoms with Crippen LogP contribution in [0, 0.1) is 6.92 Å². The first-order valence-corrected chi connectivity index (χ1v) is 7.42. The van der Waals surface area contributed by atoms with Gasteiger partial charge in [0.2, 0.25) is 0 Å². The van der Waals surface area contributed by atoms with Crippen molar-refractivity contribution in [2.75, 3.05) is 12.3 Å². The topological polar surface area (TPSA) is 64.3 Å². The molecule has 0 heterocycles. The van der Waals surface area contributed by atoms with Gasteiger partial charge in [-0.1, -0.05) is 42.5 Å². The van der Waals surface area contributed by atoms with Crippen LogP contribution >= 0.6 is 0 Å². The molecule has 0 radical (unpaired) electrons. The van der Waals surface area contributed by atoms with E-state index < -0.39 is 6.04 Å². The minimum absolute atomic E-state index is 0.277. The standard InChI is InChI=1S/C18H22N2O2/c1-3-22-18(21)17(14-9-5-4-6-10-14)20-12-15-13(2)8-7-11-16(15)19/h4-11,17,20H,3,12,19H2,1-2H3/t17-/m1/s1. The Morgan fingerprint density at radius 3 is 2.55 bits per heavy atom. The van der Waals surface area contributed by atoms with Crippen LogP contribution in [0.3, 0.4) is 0 Å². The number of rotatable bonds is 6. The van der Waals surface area contributed by atoms with E-state index in [4.69, 9.17) is 10.5 Å². The zero-order chi connectivity index (χ0) is 15.9. The average Bonchev–Trinajstić information content (AvgIpc) is 2.51. The second-order valence-electron chi connectivity index (χ2n) is 5.12. The van der Waals surface area contributed by atoms with E-state index >= 15 is 0 Å². The summed E-state index contributed by atoms with van der Waals surface area (Å²) in [6.07, 6.45) is 0. The minimum atomic E-state index is -0.500. The molecule has 3 N–H and O–H groups in total. The van der Waals surface area contributed by atoms with Crippen molar-refractivity contribution in [1.29, 1.82) is 0 Å². The van der Waals surface area contributed by atoms with E-state index in [-0.39, 0.29) is 5.97 Å². The number of hydrogen-bond donors (Lipinski definition) is 2. The first-order valence-electron chi connectivity index (χ1n) is 7.42. The maximum absolute atomic E-state index is 12.2. The monoisotopic (exact) mass is 298 g/mol. The highest BCUT2D eigenvalue weighted by Crippen LogP contribution is 2.19. The van der Waals surface area contributed by atoms with E-state index in [9.17, 15) is 4.79 Å². The number of benzene rings is 2. The van der Waals surface area contributed by atoms with E-state index in [1.54, 1.807) is 6.92 Å². The zero-order valence-corrected chi connectivity index (χ0v) is 13.0. The van der Waals surface area contributed by atoms with E-state index in [1.165, 1.54) is 0 Å². The van der Waals surface area contributed by atoms with Crippen LogP contribution in [0.25, 0.3) is 0 Å². The van der Waals surface area contributed by atoms with Crippen molar-refractivity contribution >= 4 is 11.7 Å². The molecule has 0 amide bonds. The summed E-state index contributed by atoms with van der Waals surface area (Å²) < 4.78 is 5.17. The van der Waals surface area contributed by atoms with Crippen LogP contribution in [-0.4, -0.2) is 12.6 Å². The summed E-state index contributed by atoms with van der Waals surface area (Å²) >= 11 is 0. The average molecular weight is 298 g/mol. The number of ether oxygens (including phenoxy) is 1. The summed E-state index contributed by atoms with van der Waals surface area (Å²) in [4.78, 5) is 12.2. The molecule has 0 fully saturated rings. The van der Waals surface area contributed by atoms with Crippen molar-refractivity contribution < 1.29 is 9.53 Å². The Bertz CT molecular complexity index is 606. The molecule has 4 heteroatoms. The molecule has 0 aliphatic rings. The third-order valence-corrected chi connectivity index (χ3v) is 3.58. The molecule has 0 aliphatic carbocycles. The van der Waals surface area contributed by atoms with Gasteiger partial charge >= 0.3 is 5.97 Å². The SMILES string of the molecule is CCOC(=O)[C@H](NCc1c(C)cccc1N)c1ccccc1. The third-order valence-electron chi connectivity index (χ3n) is 3.58. The smallest absolute Gasteiger partial charge is 0.327 e. The first kappa shape index (κ1) is 16.0. The summed E-state index contributed by atoms with van der Waals surface area (Å²) in [6, 6.07) is 14.9. The van der Waals surface area contributed by atoms with Crippen LogP contribution in [0.15, 0.2) is 48.5 Å². The number of carbonyl (C=O) groups excluding carboxylic acids is 1. The van der Waals surface area contributed by atoms with Gasteiger partial charge in [-0.25, -0.2) is 4.79 Å². The molecule has 0 bridgehead atoms. The molecule has 0 aliphatic heterocycles. The fourth-order valence-corrected chi connectivity index (χ4v) is 2.38. The van der Waals surface area contributed by atoms with Gasteiger partial charge in [0.1, 0.15) is 6.04 Å². The summed E-state index contributed by atoms with van der Waals surface area (Å²) in [5.41, 5.74) is 9.74. The molecule has 0 saturated heterocycles. The number of esters is 1. The third kappa shape index (κ3) is 3.86. The van der Waals surface area contributed by atoms with Gasteiger partial charge in [-0.05, 0) is 36.6 Å². The van der Waals surface area contributed by atoms with Gasteiger partial charge in [0.05, 0.1) is 6.61 Å². The molecule has 0 aromatic heterocycles. The molecule has 2 rings (SSSR count). The number of nitrogens with two attached hydrogens (primary N) is 1. The summed E-state index contributed by atoms with van der Waals surface area (Å²) in [6.45, 7) is 4.68. The van der Waals surface area contributed by atoms with Gasteiger partial charge < -0.3 is 10.5 Å². The highest BCUT2D eigenvalue weighted by molar-refractivity contribution is 5.77. The van der Waals surface area contributed by atoms with Crippen LogP contribution in [0.4, 0.5) is 5.69 Å². The molecule has 2 aromatic rings. The molecule has 0 unspecified atom stereocenters. The predicted octanol–water partition coefficient (Wildman–Crippen LogP) is 2.97. The molecular formula is C18H22N2O2. The molecule has 0 spiro atoms. The lowest BCUT2D eigenvalue weighted by molar-refractivity contribution is -0.145. The normalized spacial score (nSPS) is 11.9. The van der Waals surface area contributed by atoms with Crippen molar-refractivity contribution in [3.05, 3.63) is 65.2 Å². The lowest BCUT2D eigenvalue weighted by atomic mass is 10.0. The van der Waals surface area contributed by atoms with Gasteiger partial charge in [-0.15, -0.1) is 0 Å². The largest absolute Gasteiger partial charge is 0.465 e. The Morgan fingerprint density at radius 1 is 1.18 bits per heavy atom. The van der Waals surface area contributed by atoms with Gasteiger partial charge in [0.15, 0.2) is 0 Å².